The fourth-order valence-corrected chi connectivity index (χ4v) is 2.57. The zero-order chi connectivity index (χ0) is 14.5. The normalized spacial score (nSPS) is 21.6. The molecular weight excluding hydrogens is 288 g/mol. The SMILES string of the molecule is CCc1ccccc1OCC(=O)N1CCNC(C)C1C.Cl. The van der Waals surface area contributed by atoms with Crippen LogP contribution in [0, 0.1) is 0 Å². The van der Waals surface area contributed by atoms with Crippen LogP contribution in [0.2, 0.25) is 0 Å². The van der Waals surface area contributed by atoms with Gasteiger partial charge in [-0.2, -0.15) is 0 Å². The molecule has 0 aromatic heterocycles. The van der Waals surface area contributed by atoms with Crippen LogP contribution in [-0.2, 0) is 11.2 Å². The zero-order valence-corrected chi connectivity index (χ0v) is 13.8. The number of para-hydroxylation sites is 1. The number of rotatable bonds is 4. The molecule has 2 rings (SSSR count). The van der Waals surface area contributed by atoms with Crippen molar-refractivity contribution >= 4 is 18.3 Å². The highest BCUT2D eigenvalue weighted by Crippen LogP contribution is 2.18. The Morgan fingerprint density at radius 1 is 1.38 bits per heavy atom. The third kappa shape index (κ3) is 4.35. The Kier molecular flexibility index (Phi) is 6.99. The molecule has 0 spiro atoms. The Hall–Kier alpha value is -1.26. The number of nitrogens with zero attached hydrogens (tertiary/aromatic N) is 1. The third-order valence-corrected chi connectivity index (χ3v) is 4.06. The van der Waals surface area contributed by atoms with E-state index in [0.717, 1.165) is 30.8 Å². The first kappa shape index (κ1) is 17.8. The van der Waals surface area contributed by atoms with Gasteiger partial charge in [-0.1, -0.05) is 25.1 Å². The van der Waals surface area contributed by atoms with Gasteiger partial charge in [0.15, 0.2) is 6.61 Å². The number of piperazine rings is 1. The van der Waals surface area contributed by atoms with Crippen LogP contribution in [0.4, 0.5) is 0 Å². The molecule has 21 heavy (non-hydrogen) atoms. The lowest BCUT2D eigenvalue weighted by atomic mass is 10.1. The van der Waals surface area contributed by atoms with Gasteiger partial charge in [-0.15, -0.1) is 12.4 Å². The van der Waals surface area contributed by atoms with Crippen molar-refractivity contribution < 1.29 is 9.53 Å². The molecule has 4 nitrogen and oxygen atoms in total. The second-order valence-corrected chi connectivity index (χ2v) is 5.32. The minimum Gasteiger partial charge on any atom is -0.483 e. The molecule has 1 aromatic carbocycles. The molecule has 1 aromatic rings. The number of hydrogen-bond donors (Lipinski definition) is 1. The van der Waals surface area contributed by atoms with E-state index >= 15 is 0 Å². The maximum Gasteiger partial charge on any atom is 0.260 e. The van der Waals surface area contributed by atoms with Crippen LogP contribution in [-0.4, -0.2) is 42.6 Å². The van der Waals surface area contributed by atoms with Crippen LogP contribution in [0.3, 0.4) is 0 Å². The summed E-state index contributed by atoms with van der Waals surface area (Å²) in [5.74, 6) is 0.885. The Morgan fingerprint density at radius 3 is 2.81 bits per heavy atom. The Balaban J connectivity index is 0.00000220. The minimum absolute atomic E-state index is 0. The van der Waals surface area contributed by atoms with Crippen molar-refractivity contribution in [2.45, 2.75) is 39.3 Å². The van der Waals surface area contributed by atoms with Gasteiger partial charge in [0, 0.05) is 25.2 Å². The molecule has 1 fully saturated rings. The van der Waals surface area contributed by atoms with Gasteiger partial charge in [0.05, 0.1) is 0 Å². The van der Waals surface area contributed by atoms with E-state index < -0.39 is 0 Å². The molecule has 0 aliphatic carbocycles. The van der Waals surface area contributed by atoms with Gasteiger partial charge in [-0.25, -0.2) is 0 Å². The van der Waals surface area contributed by atoms with Crippen molar-refractivity contribution in [2.24, 2.45) is 0 Å². The molecule has 1 aliphatic rings. The number of aryl methyl sites for hydroxylation is 1. The van der Waals surface area contributed by atoms with E-state index in [-0.39, 0.29) is 31.0 Å². The molecule has 1 saturated heterocycles. The summed E-state index contributed by atoms with van der Waals surface area (Å²) in [6.07, 6.45) is 0.908. The lowest BCUT2D eigenvalue weighted by Crippen LogP contribution is -2.58. The molecule has 1 heterocycles. The van der Waals surface area contributed by atoms with Crippen molar-refractivity contribution in [3.8, 4) is 5.75 Å². The van der Waals surface area contributed by atoms with Crippen molar-refractivity contribution in [2.75, 3.05) is 19.7 Å². The summed E-state index contributed by atoms with van der Waals surface area (Å²) in [4.78, 5) is 14.2. The molecule has 5 heteroatoms. The van der Waals surface area contributed by atoms with Crippen molar-refractivity contribution in [1.29, 1.82) is 0 Å². The summed E-state index contributed by atoms with van der Waals surface area (Å²) in [5, 5.41) is 3.37. The Morgan fingerprint density at radius 2 is 2.10 bits per heavy atom. The highest BCUT2D eigenvalue weighted by atomic mass is 35.5. The fourth-order valence-electron chi connectivity index (χ4n) is 2.57. The molecular formula is C16H25ClN2O2. The fraction of sp³-hybridized carbons (Fsp3) is 0.562. The average Bonchev–Trinajstić information content (AvgIpc) is 2.48. The predicted molar refractivity (Wildman–Crippen MR) is 87.2 cm³/mol. The van der Waals surface area contributed by atoms with Gasteiger partial charge >= 0.3 is 0 Å². The summed E-state index contributed by atoms with van der Waals surface area (Å²) >= 11 is 0. The van der Waals surface area contributed by atoms with Crippen molar-refractivity contribution in [1.82, 2.24) is 10.2 Å². The highest BCUT2D eigenvalue weighted by molar-refractivity contribution is 5.85. The molecule has 2 unspecified atom stereocenters. The summed E-state index contributed by atoms with van der Waals surface area (Å²) < 4.78 is 5.72. The van der Waals surface area contributed by atoms with Crippen LogP contribution >= 0.6 is 12.4 Å². The molecule has 0 bridgehead atoms. The largest absolute Gasteiger partial charge is 0.483 e. The first-order chi connectivity index (χ1) is 9.63. The molecule has 2 atom stereocenters. The Labute approximate surface area is 133 Å². The third-order valence-electron chi connectivity index (χ3n) is 4.06. The summed E-state index contributed by atoms with van der Waals surface area (Å²) in [7, 11) is 0. The van der Waals surface area contributed by atoms with Crippen molar-refractivity contribution in [3.05, 3.63) is 29.8 Å². The van der Waals surface area contributed by atoms with Gasteiger partial charge < -0.3 is 15.0 Å². The number of halogens is 1. The standard InChI is InChI=1S/C16H24N2O2.ClH/c1-4-14-7-5-6-8-15(14)20-11-16(19)18-10-9-17-12(2)13(18)3;/h5-8,12-13,17H,4,9-11H2,1-3H3;1H. The minimum atomic E-state index is 0. The lowest BCUT2D eigenvalue weighted by molar-refractivity contribution is -0.137. The van der Waals surface area contributed by atoms with Crippen LogP contribution in [0.5, 0.6) is 5.75 Å². The van der Waals surface area contributed by atoms with Gasteiger partial charge in [0.1, 0.15) is 5.75 Å². The van der Waals surface area contributed by atoms with Crippen molar-refractivity contribution in [3.63, 3.8) is 0 Å². The number of benzene rings is 1. The maximum absolute atomic E-state index is 12.3. The first-order valence-corrected chi connectivity index (χ1v) is 7.37. The van der Waals surface area contributed by atoms with E-state index in [0.29, 0.717) is 6.04 Å². The molecule has 1 aliphatic heterocycles. The van der Waals surface area contributed by atoms with E-state index in [2.05, 4.69) is 26.1 Å². The van der Waals surface area contributed by atoms with E-state index in [1.165, 1.54) is 0 Å². The number of hydrogen-bond acceptors (Lipinski definition) is 3. The highest BCUT2D eigenvalue weighted by Gasteiger charge is 2.28. The van der Waals surface area contributed by atoms with Gasteiger partial charge in [-0.05, 0) is 31.9 Å². The number of carbonyl (C=O) groups excluding carboxylic acids is 1. The summed E-state index contributed by atoms with van der Waals surface area (Å²) in [6.45, 7) is 8.00. The number of ether oxygens (including phenoxy) is 1. The maximum atomic E-state index is 12.3. The second kappa shape index (κ2) is 8.25. The number of amides is 1. The predicted octanol–water partition coefficient (Wildman–Crippen LogP) is 2.26. The van der Waals surface area contributed by atoms with Crippen LogP contribution in [0.1, 0.15) is 26.3 Å². The van der Waals surface area contributed by atoms with Gasteiger partial charge in [-0.3, -0.25) is 4.79 Å². The van der Waals surface area contributed by atoms with Crippen LogP contribution in [0.15, 0.2) is 24.3 Å². The van der Waals surface area contributed by atoms with Gasteiger partial charge in [0.2, 0.25) is 0 Å². The second-order valence-electron chi connectivity index (χ2n) is 5.32. The quantitative estimate of drug-likeness (QED) is 0.927. The van der Waals surface area contributed by atoms with E-state index in [1.807, 2.05) is 29.2 Å². The molecule has 0 radical (unpaired) electrons. The summed E-state index contributed by atoms with van der Waals surface area (Å²) in [5.41, 5.74) is 1.14. The monoisotopic (exact) mass is 312 g/mol. The lowest BCUT2D eigenvalue weighted by Gasteiger charge is -2.38. The molecule has 1 N–H and O–H groups in total. The van der Waals surface area contributed by atoms with Gasteiger partial charge in [0.25, 0.3) is 5.91 Å². The topological polar surface area (TPSA) is 41.6 Å². The van der Waals surface area contributed by atoms with Crippen LogP contribution < -0.4 is 10.1 Å². The molecule has 0 saturated carbocycles. The zero-order valence-electron chi connectivity index (χ0n) is 13.0. The Bertz CT molecular complexity index is 467. The summed E-state index contributed by atoms with van der Waals surface area (Å²) in [6, 6.07) is 8.43. The average molecular weight is 313 g/mol. The van der Waals surface area contributed by atoms with E-state index in [4.69, 9.17) is 4.74 Å². The molecule has 1 amide bonds. The van der Waals surface area contributed by atoms with E-state index in [1.54, 1.807) is 0 Å². The van der Waals surface area contributed by atoms with Crippen LogP contribution in [0.25, 0.3) is 0 Å². The number of carbonyl (C=O) groups is 1. The first-order valence-electron chi connectivity index (χ1n) is 7.37. The molecule has 118 valence electrons. The number of nitrogens with one attached hydrogen (secondary N) is 1. The van der Waals surface area contributed by atoms with E-state index in [9.17, 15) is 4.79 Å². The smallest absolute Gasteiger partial charge is 0.260 e.